The van der Waals surface area contributed by atoms with Crippen LogP contribution < -0.4 is 31.6 Å². The van der Waals surface area contributed by atoms with Crippen molar-refractivity contribution in [3.05, 3.63) is 47.5 Å². The highest BCUT2D eigenvalue weighted by Gasteiger charge is 2.23. The number of rotatable bonds is 6. The number of carbonyl (C=O) groups excluding carboxylic acids is 2. The molecule has 202 valence electrons. The molecule has 0 aromatic heterocycles. The zero-order valence-corrected chi connectivity index (χ0v) is 22.1. The standard InChI is InChI=1S/C23H26N4O5.C2H6O.C2H6/c1-30-23(29)14-8-18(25)22-20(9-14)32-12-16(27-22)5-3-2-4-15-11-31-19-7-13(10-28)6-17(24)21(19)26-15;1-3-2;1-2/h2-3,6-10,15-16,26-27H,4-5,11-12,24-25H2,1H3;1-2H3;1-2H3/b3-2+;;. The van der Waals surface area contributed by atoms with Crippen LogP contribution >= 0.6 is 0 Å². The average molecular weight is 515 g/mol. The average Bonchev–Trinajstić information content (AvgIpc) is 2.92. The minimum Gasteiger partial charge on any atom is -0.489 e. The summed E-state index contributed by atoms with van der Waals surface area (Å²) in [6.07, 6.45) is 6.42. The molecular formula is C27H38N4O6. The Hall–Kier alpha value is -3.92. The van der Waals surface area contributed by atoms with Crippen molar-refractivity contribution in [3.8, 4) is 11.5 Å². The lowest BCUT2D eigenvalue weighted by Gasteiger charge is -2.29. The predicted molar refractivity (Wildman–Crippen MR) is 147 cm³/mol. The van der Waals surface area contributed by atoms with Crippen LogP contribution in [0.5, 0.6) is 11.5 Å². The van der Waals surface area contributed by atoms with E-state index in [-0.39, 0.29) is 12.1 Å². The first-order chi connectivity index (χ1) is 17.9. The Balaban J connectivity index is 0.000000898. The number of esters is 1. The number of hydrogen-bond acceptors (Lipinski definition) is 10. The van der Waals surface area contributed by atoms with Gasteiger partial charge >= 0.3 is 5.97 Å². The van der Waals surface area contributed by atoms with Crippen molar-refractivity contribution in [2.24, 2.45) is 0 Å². The number of carbonyl (C=O) groups is 2. The van der Waals surface area contributed by atoms with Gasteiger partial charge in [0.2, 0.25) is 0 Å². The van der Waals surface area contributed by atoms with Crippen LogP contribution in [-0.4, -0.2) is 58.9 Å². The number of ether oxygens (including phenoxy) is 4. The monoisotopic (exact) mass is 514 g/mol. The van der Waals surface area contributed by atoms with Gasteiger partial charge in [-0.25, -0.2) is 4.79 Å². The van der Waals surface area contributed by atoms with Crippen molar-refractivity contribution >= 4 is 35.0 Å². The van der Waals surface area contributed by atoms with E-state index in [9.17, 15) is 9.59 Å². The Labute approximate surface area is 218 Å². The fourth-order valence-electron chi connectivity index (χ4n) is 3.78. The van der Waals surface area contributed by atoms with Crippen LogP contribution in [0.4, 0.5) is 22.7 Å². The minimum absolute atomic E-state index is 0.0544. The summed E-state index contributed by atoms with van der Waals surface area (Å²) in [7, 11) is 4.58. The van der Waals surface area contributed by atoms with Gasteiger partial charge < -0.3 is 41.0 Å². The number of aldehydes is 1. The summed E-state index contributed by atoms with van der Waals surface area (Å²) in [6.45, 7) is 4.94. The van der Waals surface area contributed by atoms with Crippen molar-refractivity contribution in [2.75, 3.05) is 56.6 Å². The summed E-state index contributed by atoms with van der Waals surface area (Å²) >= 11 is 0. The Morgan fingerprint density at radius 3 is 1.89 bits per heavy atom. The molecule has 0 aliphatic carbocycles. The van der Waals surface area contributed by atoms with E-state index in [0.29, 0.717) is 52.9 Å². The number of nitrogen functional groups attached to an aromatic ring is 2. The molecule has 10 heteroatoms. The first-order valence-corrected chi connectivity index (χ1v) is 12.1. The molecular weight excluding hydrogens is 476 g/mol. The maximum Gasteiger partial charge on any atom is 0.338 e. The van der Waals surface area contributed by atoms with Crippen LogP contribution in [0, 0.1) is 0 Å². The summed E-state index contributed by atoms with van der Waals surface area (Å²) in [5.41, 5.74) is 15.3. The highest BCUT2D eigenvalue weighted by molar-refractivity contribution is 5.93. The van der Waals surface area contributed by atoms with Crippen molar-refractivity contribution in [1.29, 1.82) is 0 Å². The number of benzene rings is 2. The second kappa shape index (κ2) is 14.6. The van der Waals surface area contributed by atoms with Gasteiger partial charge in [0.1, 0.15) is 42.4 Å². The normalized spacial score (nSPS) is 17.0. The fraction of sp³-hybridized carbons (Fsp3) is 0.407. The number of fused-ring (bicyclic) bond motifs is 2. The molecule has 0 radical (unpaired) electrons. The van der Waals surface area contributed by atoms with Crippen LogP contribution in [0.3, 0.4) is 0 Å². The number of anilines is 4. The number of nitrogens with one attached hydrogen (secondary N) is 2. The summed E-state index contributed by atoms with van der Waals surface area (Å²) in [4.78, 5) is 22.7. The zero-order chi connectivity index (χ0) is 27.4. The van der Waals surface area contributed by atoms with E-state index in [1.165, 1.54) is 7.11 Å². The smallest absolute Gasteiger partial charge is 0.338 e. The van der Waals surface area contributed by atoms with Crippen molar-refractivity contribution in [2.45, 2.75) is 38.8 Å². The van der Waals surface area contributed by atoms with E-state index in [1.807, 2.05) is 13.8 Å². The molecule has 6 N–H and O–H groups in total. The van der Waals surface area contributed by atoms with Crippen LogP contribution in [0.1, 0.15) is 47.4 Å². The summed E-state index contributed by atoms with van der Waals surface area (Å²) in [5.74, 6) is 0.688. The minimum atomic E-state index is -0.456. The van der Waals surface area contributed by atoms with E-state index < -0.39 is 5.97 Å². The number of methoxy groups -OCH3 is 2. The Bertz CT molecular complexity index is 1090. The van der Waals surface area contributed by atoms with E-state index in [4.69, 9.17) is 25.7 Å². The summed E-state index contributed by atoms with van der Waals surface area (Å²) in [6, 6.07) is 6.66. The van der Waals surface area contributed by atoms with E-state index in [1.54, 1.807) is 38.5 Å². The van der Waals surface area contributed by atoms with Gasteiger partial charge in [0.05, 0.1) is 36.1 Å². The van der Waals surface area contributed by atoms with Crippen molar-refractivity contribution in [1.82, 2.24) is 0 Å². The third-order valence-corrected chi connectivity index (χ3v) is 5.43. The molecule has 2 aliphatic heterocycles. The van der Waals surface area contributed by atoms with Crippen LogP contribution in [0.15, 0.2) is 36.4 Å². The Morgan fingerprint density at radius 2 is 1.41 bits per heavy atom. The molecule has 0 fully saturated rings. The highest BCUT2D eigenvalue weighted by Crippen LogP contribution is 2.37. The molecule has 2 aromatic rings. The van der Waals surface area contributed by atoms with Gasteiger partial charge in [0.25, 0.3) is 0 Å². The number of nitrogens with two attached hydrogens (primary N) is 2. The van der Waals surface area contributed by atoms with Crippen LogP contribution in [-0.2, 0) is 9.47 Å². The predicted octanol–water partition coefficient (Wildman–Crippen LogP) is 4.12. The van der Waals surface area contributed by atoms with Gasteiger partial charge in [-0.05, 0) is 37.1 Å². The van der Waals surface area contributed by atoms with E-state index in [0.717, 1.165) is 24.8 Å². The van der Waals surface area contributed by atoms with Gasteiger partial charge in [0.15, 0.2) is 0 Å². The van der Waals surface area contributed by atoms with Crippen LogP contribution in [0.25, 0.3) is 0 Å². The quantitative estimate of drug-likeness (QED) is 0.192. The third-order valence-electron chi connectivity index (χ3n) is 5.43. The maximum absolute atomic E-state index is 11.7. The molecule has 2 heterocycles. The van der Waals surface area contributed by atoms with Crippen molar-refractivity contribution in [3.63, 3.8) is 0 Å². The topological polar surface area (TPSA) is 147 Å². The van der Waals surface area contributed by atoms with E-state index in [2.05, 4.69) is 27.5 Å². The molecule has 0 amide bonds. The van der Waals surface area contributed by atoms with E-state index >= 15 is 0 Å². The van der Waals surface area contributed by atoms with Gasteiger partial charge in [-0.1, -0.05) is 26.0 Å². The third kappa shape index (κ3) is 7.78. The molecule has 2 atom stereocenters. The first kappa shape index (κ1) is 29.3. The molecule has 37 heavy (non-hydrogen) atoms. The highest BCUT2D eigenvalue weighted by atomic mass is 16.5. The molecule has 0 saturated carbocycles. The lowest BCUT2D eigenvalue weighted by molar-refractivity contribution is 0.0600. The molecule has 4 rings (SSSR count). The Morgan fingerprint density at radius 1 is 0.919 bits per heavy atom. The molecule has 2 aromatic carbocycles. The first-order valence-electron chi connectivity index (χ1n) is 12.1. The molecule has 2 unspecified atom stereocenters. The van der Waals surface area contributed by atoms with Crippen LogP contribution in [0.2, 0.25) is 0 Å². The summed E-state index contributed by atoms with van der Waals surface area (Å²) < 4.78 is 20.6. The molecule has 10 nitrogen and oxygen atoms in total. The fourth-order valence-corrected chi connectivity index (χ4v) is 3.78. The summed E-state index contributed by atoms with van der Waals surface area (Å²) in [5, 5.41) is 6.76. The van der Waals surface area contributed by atoms with Gasteiger partial charge in [-0.3, -0.25) is 4.79 Å². The van der Waals surface area contributed by atoms with Crippen molar-refractivity contribution < 1.29 is 28.5 Å². The lowest BCUT2D eigenvalue weighted by atomic mass is 10.1. The lowest BCUT2D eigenvalue weighted by Crippen LogP contribution is -2.32. The number of hydrogen-bond donors (Lipinski definition) is 4. The molecule has 0 saturated heterocycles. The SMILES string of the molecule is CC.COC.COC(=O)c1cc(N)c2c(c1)OCC(C/C=C/CC1COc3cc(C=O)cc(N)c3N1)N2. The maximum atomic E-state index is 11.7. The van der Waals surface area contributed by atoms with Gasteiger partial charge in [-0.2, -0.15) is 0 Å². The molecule has 2 aliphatic rings. The van der Waals surface area contributed by atoms with Gasteiger partial charge in [-0.15, -0.1) is 0 Å². The Kier molecular flexibility index (Phi) is 11.6. The molecule has 0 spiro atoms. The molecule has 0 bridgehead atoms. The zero-order valence-electron chi connectivity index (χ0n) is 22.1. The van der Waals surface area contributed by atoms with Gasteiger partial charge in [0, 0.05) is 19.8 Å². The second-order valence-corrected chi connectivity index (χ2v) is 8.19. The largest absolute Gasteiger partial charge is 0.489 e. The second-order valence-electron chi connectivity index (χ2n) is 8.19.